The number of hydrogen-bond donors (Lipinski definition) is 1. The first-order valence-corrected chi connectivity index (χ1v) is 16.7. The van der Waals surface area contributed by atoms with Gasteiger partial charge in [-0.2, -0.15) is 8.42 Å². The fourth-order valence-corrected chi connectivity index (χ4v) is 4.39. The molecule has 0 unspecified atom stereocenters. The summed E-state index contributed by atoms with van der Waals surface area (Å²) >= 11 is 6.36. The van der Waals surface area contributed by atoms with Crippen molar-refractivity contribution < 1.29 is 45.1 Å². The van der Waals surface area contributed by atoms with Crippen LogP contribution in [0.25, 0.3) is 0 Å². The molecule has 0 atom stereocenters. The normalized spacial score (nSPS) is 10.8. The van der Waals surface area contributed by atoms with Crippen molar-refractivity contribution >= 4 is 42.0 Å². The zero-order valence-electron chi connectivity index (χ0n) is 24.8. The maximum atomic E-state index is 11.8. The van der Waals surface area contributed by atoms with Gasteiger partial charge < -0.3 is 28.7 Å². The first-order chi connectivity index (χ1) is 21.7. The Kier molecular flexibility index (Phi) is 23.4. The van der Waals surface area contributed by atoms with Crippen LogP contribution in [0.4, 0.5) is 8.78 Å². The summed E-state index contributed by atoms with van der Waals surface area (Å²) in [5.41, 5.74) is 0.889. The summed E-state index contributed by atoms with van der Waals surface area (Å²) < 4.78 is 78.6. The summed E-state index contributed by atoms with van der Waals surface area (Å²) in [7, 11) is -3.74. The third-order valence-electron chi connectivity index (χ3n) is 4.86. The summed E-state index contributed by atoms with van der Waals surface area (Å²) in [5, 5.41) is 0. The van der Waals surface area contributed by atoms with Gasteiger partial charge in [-0.1, -0.05) is 29.8 Å². The number of rotatable bonds is 19. The minimum atomic E-state index is -3.74. The van der Waals surface area contributed by atoms with Crippen molar-refractivity contribution in [1.29, 1.82) is 0 Å². The van der Waals surface area contributed by atoms with Crippen LogP contribution in [0, 0.1) is 6.92 Å². The van der Waals surface area contributed by atoms with Crippen LogP contribution in [0.2, 0.25) is 0 Å². The summed E-state index contributed by atoms with van der Waals surface area (Å²) in [6, 6.07) is 16.8. The minimum Gasteiger partial charge on any atom is -0.475 e. The number of nitrogens with zero attached hydrogens (tertiary/aromatic N) is 1. The van der Waals surface area contributed by atoms with E-state index in [1.807, 2.05) is 19.1 Å². The average molecular weight is 788 g/mol. The summed E-state index contributed by atoms with van der Waals surface area (Å²) in [4.78, 5) is 17.2. The van der Waals surface area contributed by atoms with Crippen molar-refractivity contribution in [3.63, 3.8) is 0 Å². The molecule has 0 aliphatic carbocycles. The molecule has 0 amide bonds. The van der Waals surface area contributed by atoms with Crippen LogP contribution in [-0.2, 0) is 33.2 Å². The number of ether oxygens (including phenoxy) is 5. The Balaban J connectivity index is 0.000000365. The van der Waals surface area contributed by atoms with E-state index in [1.54, 1.807) is 30.3 Å². The van der Waals surface area contributed by atoms with E-state index >= 15 is 0 Å². The fourth-order valence-electron chi connectivity index (χ4n) is 2.82. The second kappa shape index (κ2) is 25.8. The molecule has 252 valence electrons. The molecule has 0 bridgehead atoms. The van der Waals surface area contributed by atoms with E-state index in [0.29, 0.717) is 36.9 Å². The molecule has 2 heterocycles. The van der Waals surface area contributed by atoms with Crippen molar-refractivity contribution in [2.75, 3.05) is 79.4 Å². The van der Waals surface area contributed by atoms with E-state index in [9.17, 15) is 22.0 Å². The van der Waals surface area contributed by atoms with Gasteiger partial charge in [-0.05, 0) is 63.0 Å². The van der Waals surface area contributed by atoms with Gasteiger partial charge in [0, 0.05) is 12.1 Å². The lowest BCUT2D eigenvalue weighted by atomic mass is 10.2. The lowest BCUT2D eigenvalue weighted by molar-refractivity contribution is 0.0320. The van der Waals surface area contributed by atoms with Crippen molar-refractivity contribution in [2.24, 2.45) is 0 Å². The Morgan fingerprint density at radius 2 is 1.24 bits per heavy atom. The summed E-state index contributed by atoms with van der Waals surface area (Å²) in [6.07, 6.45) is 0. The highest BCUT2D eigenvalue weighted by molar-refractivity contribution is 9.10. The summed E-state index contributed by atoms with van der Waals surface area (Å²) in [5.74, 6) is 0.552. The molecule has 0 spiro atoms. The lowest BCUT2D eigenvalue weighted by Crippen LogP contribution is -2.13. The fraction of sp³-hybridized carbons (Fsp3) is 0.448. The van der Waals surface area contributed by atoms with Gasteiger partial charge in [0.25, 0.3) is 10.1 Å². The van der Waals surface area contributed by atoms with Crippen LogP contribution in [0.3, 0.4) is 0 Å². The highest BCUT2D eigenvalue weighted by atomic mass is 79.9. The zero-order chi connectivity index (χ0) is 33.2. The van der Waals surface area contributed by atoms with Crippen molar-refractivity contribution in [1.82, 2.24) is 9.97 Å². The molecule has 1 aromatic carbocycles. The van der Waals surface area contributed by atoms with Gasteiger partial charge in [-0.15, -0.1) is 0 Å². The van der Waals surface area contributed by atoms with E-state index < -0.39 is 23.5 Å². The first kappa shape index (κ1) is 40.7. The molecule has 0 radical (unpaired) electrons. The molecule has 45 heavy (non-hydrogen) atoms. The Labute approximate surface area is 278 Å². The number of aromatic amines is 1. The maximum Gasteiger partial charge on any atom is 0.297 e. The number of hydrogen-bond acceptors (Lipinski definition) is 10. The SMILES string of the molecule is Cc1ccc(S(=O)(=O)OCCOCCOCCF)cc1.FCCOCCOCCOc1cccc(Br)n1.O=c1cccc(Br)[nH]1. The summed E-state index contributed by atoms with van der Waals surface area (Å²) in [6.45, 7) is 3.37. The molecule has 1 N–H and O–H groups in total. The standard InChI is InChI=1S/C13H19FO5S.C11H15BrFNO3.C5H4BrNO/c1-12-2-4-13(5-3-12)20(15,16)19-11-10-18-9-8-17-7-6-14;12-10-2-1-3-11(14-10)17-9-8-16-7-6-15-5-4-13;6-4-2-1-3-5(8)7-4/h2-5H,6-11H2,1H3;1-3H,4-9H2;1-3H,(H,7,8). The predicted molar refractivity (Wildman–Crippen MR) is 172 cm³/mol. The highest BCUT2D eigenvalue weighted by Crippen LogP contribution is 2.13. The quantitative estimate of drug-likeness (QED) is 0.0998. The number of benzene rings is 1. The van der Waals surface area contributed by atoms with Crippen LogP contribution in [0.1, 0.15) is 5.56 Å². The molecule has 3 aromatic rings. The third-order valence-corrected chi connectivity index (χ3v) is 7.09. The molecule has 0 fully saturated rings. The second-order valence-corrected chi connectivity index (χ2v) is 11.7. The molecule has 0 aliphatic rings. The van der Waals surface area contributed by atoms with Crippen molar-refractivity contribution in [3.8, 4) is 5.88 Å². The van der Waals surface area contributed by atoms with E-state index in [2.05, 4.69) is 41.8 Å². The van der Waals surface area contributed by atoms with Crippen LogP contribution >= 0.6 is 31.9 Å². The van der Waals surface area contributed by atoms with Crippen molar-refractivity contribution in [3.05, 3.63) is 85.8 Å². The van der Waals surface area contributed by atoms with E-state index in [0.717, 1.165) is 10.2 Å². The van der Waals surface area contributed by atoms with E-state index in [-0.39, 0.29) is 50.1 Å². The lowest BCUT2D eigenvalue weighted by Gasteiger charge is -2.07. The van der Waals surface area contributed by atoms with Gasteiger partial charge in [-0.25, -0.2) is 13.8 Å². The van der Waals surface area contributed by atoms with Crippen LogP contribution in [-0.4, -0.2) is 97.8 Å². The number of halogens is 4. The zero-order valence-corrected chi connectivity index (χ0v) is 28.8. The largest absolute Gasteiger partial charge is 0.475 e. The second-order valence-electron chi connectivity index (χ2n) is 8.43. The van der Waals surface area contributed by atoms with Crippen LogP contribution in [0.15, 0.2) is 79.6 Å². The topological polar surface area (TPSA) is 135 Å². The van der Waals surface area contributed by atoms with Crippen molar-refractivity contribution in [2.45, 2.75) is 11.8 Å². The molecular formula is C29H38Br2F2N2O9S. The molecule has 0 saturated carbocycles. The van der Waals surface area contributed by atoms with E-state index in [1.165, 1.54) is 18.2 Å². The first-order valence-electron chi connectivity index (χ1n) is 13.7. The minimum absolute atomic E-state index is 0.0433. The van der Waals surface area contributed by atoms with Gasteiger partial charge in [0.15, 0.2) is 0 Å². The monoisotopic (exact) mass is 786 g/mol. The van der Waals surface area contributed by atoms with Gasteiger partial charge in [0.05, 0.1) is 69.0 Å². The number of aryl methyl sites for hydroxylation is 1. The number of alkyl halides is 2. The maximum absolute atomic E-state index is 11.8. The molecule has 0 aliphatic heterocycles. The predicted octanol–water partition coefficient (Wildman–Crippen LogP) is 5.07. The van der Waals surface area contributed by atoms with Crippen LogP contribution < -0.4 is 10.3 Å². The molecule has 16 heteroatoms. The Morgan fingerprint density at radius 3 is 1.76 bits per heavy atom. The highest BCUT2D eigenvalue weighted by Gasteiger charge is 2.14. The Bertz CT molecular complexity index is 1340. The Morgan fingerprint density at radius 1 is 0.711 bits per heavy atom. The number of nitrogens with one attached hydrogen (secondary N) is 1. The molecular weight excluding hydrogens is 750 g/mol. The molecule has 2 aromatic heterocycles. The van der Waals surface area contributed by atoms with Crippen LogP contribution in [0.5, 0.6) is 5.88 Å². The van der Waals surface area contributed by atoms with Gasteiger partial charge in [0.2, 0.25) is 11.4 Å². The number of aromatic nitrogens is 2. The molecule has 11 nitrogen and oxygen atoms in total. The Hall–Kier alpha value is -2.31. The van der Waals surface area contributed by atoms with Gasteiger partial charge in [-0.3, -0.25) is 8.98 Å². The third kappa shape index (κ3) is 22.0. The average Bonchev–Trinajstić information content (AvgIpc) is 3.01. The smallest absolute Gasteiger partial charge is 0.297 e. The molecule has 3 rings (SSSR count). The number of pyridine rings is 2. The number of H-pyrrole nitrogens is 1. The van der Waals surface area contributed by atoms with E-state index in [4.69, 9.17) is 27.9 Å². The van der Waals surface area contributed by atoms with Gasteiger partial charge in [0.1, 0.15) is 24.6 Å². The van der Waals surface area contributed by atoms with Gasteiger partial charge >= 0.3 is 0 Å². The molecule has 0 saturated heterocycles.